The van der Waals surface area contributed by atoms with Crippen LogP contribution in [0.3, 0.4) is 0 Å². The average Bonchev–Trinajstić information content (AvgIpc) is 3.10. The van der Waals surface area contributed by atoms with Gasteiger partial charge in [-0.1, -0.05) is 0 Å². The Morgan fingerprint density at radius 3 is 2.72 bits per heavy atom. The highest BCUT2D eigenvalue weighted by Crippen LogP contribution is 2.39. The first kappa shape index (κ1) is 13.0. The Morgan fingerprint density at radius 1 is 1.50 bits per heavy atom. The first-order chi connectivity index (χ1) is 8.40. The van der Waals surface area contributed by atoms with E-state index in [2.05, 4.69) is 19.2 Å². The molecule has 18 heavy (non-hydrogen) atoms. The molecule has 1 aliphatic carbocycles. The van der Waals surface area contributed by atoms with E-state index in [1.54, 1.807) is 0 Å². The van der Waals surface area contributed by atoms with E-state index in [0.717, 1.165) is 6.07 Å². The van der Waals surface area contributed by atoms with E-state index in [1.807, 2.05) is 0 Å². The summed E-state index contributed by atoms with van der Waals surface area (Å²) in [5.74, 6) is 0.173. The highest BCUT2D eigenvalue weighted by atomic mass is 19.1. The highest BCUT2D eigenvalue weighted by molar-refractivity contribution is 5.40. The fourth-order valence-corrected chi connectivity index (χ4v) is 2.15. The lowest BCUT2D eigenvalue weighted by molar-refractivity contribution is -0.385. The van der Waals surface area contributed by atoms with Gasteiger partial charge in [-0.05, 0) is 44.7 Å². The summed E-state index contributed by atoms with van der Waals surface area (Å²) in [5, 5.41) is 14.1. The molecule has 1 fully saturated rings. The summed E-state index contributed by atoms with van der Waals surface area (Å²) >= 11 is 0. The van der Waals surface area contributed by atoms with Gasteiger partial charge in [-0.25, -0.2) is 4.39 Å². The summed E-state index contributed by atoms with van der Waals surface area (Å²) in [5.41, 5.74) is 0.310. The zero-order valence-electron chi connectivity index (χ0n) is 10.6. The Balaban J connectivity index is 2.12. The van der Waals surface area contributed by atoms with Crippen molar-refractivity contribution >= 4 is 5.69 Å². The monoisotopic (exact) mass is 252 g/mol. The predicted molar refractivity (Wildman–Crippen MR) is 66.7 cm³/mol. The maximum absolute atomic E-state index is 13.2. The van der Waals surface area contributed by atoms with E-state index in [1.165, 1.54) is 25.0 Å². The van der Waals surface area contributed by atoms with Gasteiger partial charge < -0.3 is 5.32 Å². The molecule has 0 amide bonds. The molecule has 0 bridgehead atoms. The summed E-state index contributed by atoms with van der Waals surface area (Å²) in [6.45, 7) is 4.48. The lowest BCUT2D eigenvalue weighted by Gasteiger charge is -2.26. The van der Waals surface area contributed by atoms with Crippen LogP contribution in [0.5, 0.6) is 0 Å². The molecule has 2 rings (SSSR count). The summed E-state index contributed by atoms with van der Waals surface area (Å²) in [6, 6.07) is 3.57. The molecule has 0 heterocycles. The van der Waals surface area contributed by atoms with Crippen LogP contribution in [-0.2, 0) is 6.54 Å². The lowest BCUT2D eigenvalue weighted by atomic mass is 9.98. The molecule has 0 unspecified atom stereocenters. The van der Waals surface area contributed by atoms with Crippen molar-refractivity contribution in [1.82, 2.24) is 5.32 Å². The molecule has 0 spiro atoms. The Bertz CT molecular complexity index is 470. The van der Waals surface area contributed by atoms with Crippen LogP contribution in [-0.4, -0.2) is 10.5 Å². The molecule has 1 saturated carbocycles. The van der Waals surface area contributed by atoms with Crippen LogP contribution in [0.4, 0.5) is 10.1 Å². The van der Waals surface area contributed by atoms with Gasteiger partial charge in [0.05, 0.1) is 4.92 Å². The van der Waals surface area contributed by atoms with Crippen molar-refractivity contribution in [3.8, 4) is 0 Å². The topological polar surface area (TPSA) is 55.2 Å². The number of hydrogen-bond donors (Lipinski definition) is 1. The van der Waals surface area contributed by atoms with E-state index in [4.69, 9.17) is 0 Å². The second-order valence-electron chi connectivity index (χ2n) is 5.38. The molecular formula is C13H17FN2O2. The van der Waals surface area contributed by atoms with E-state index in [9.17, 15) is 14.5 Å². The van der Waals surface area contributed by atoms with Crippen LogP contribution in [0.1, 0.15) is 32.3 Å². The minimum Gasteiger partial charge on any atom is -0.307 e. The number of rotatable bonds is 5. The van der Waals surface area contributed by atoms with Crippen LogP contribution in [0.15, 0.2) is 18.2 Å². The third-order valence-corrected chi connectivity index (χ3v) is 3.57. The van der Waals surface area contributed by atoms with Crippen LogP contribution in [0.2, 0.25) is 0 Å². The molecule has 0 aromatic heterocycles. The van der Waals surface area contributed by atoms with Crippen LogP contribution in [0.25, 0.3) is 0 Å². The van der Waals surface area contributed by atoms with E-state index in [-0.39, 0.29) is 11.2 Å². The van der Waals surface area contributed by atoms with Crippen molar-refractivity contribution in [3.63, 3.8) is 0 Å². The maximum Gasteiger partial charge on any atom is 0.274 e. The number of nitrogens with zero attached hydrogens (tertiary/aromatic N) is 1. The molecule has 5 heteroatoms. The standard InChI is InChI=1S/C13H17FN2O2/c1-13(2,10-3-4-10)15-8-9-7-11(14)5-6-12(9)16(17)18/h5-7,10,15H,3-4,8H2,1-2H3. The summed E-state index contributed by atoms with van der Waals surface area (Å²) in [7, 11) is 0. The molecule has 1 aromatic carbocycles. The third-order valence-electron chi connectivity index (χ3n) is 3.57. The van der Waals surface area contributed by atoms with Crippen molar-refractivity contribution in [2.24, 2.45) is 5.92 Å². The van der Waals surface area contributed by atoms with Gasteiger partial charge >= 0.3 is 0 Å². The lowest BCUT2D eigenvalue weighted by Crippen LogP contribution is -2.40. The van der Waals surface area contributed by atoms with Crippen molar-refractivity contribution in [2.75, 3.05) is 0 Å². The van der Waals surface area contributed by atoms with Crippen molar-refractivity contribution < 1.29 is 9.31 Å². The first-order valence-electron chi connectivity index (χ1n) is 6.08. The number of nitro groups is 1. The van der Waals surface area contributed by atoms with Crippen LogP contribution in [0, 0.1) is 21.8 Å². The van der Waals surface area contributed by atoms with Gasteiger partial charge in [-0.2, -0.15) is 0 Å². The van der Waals surface area contributed by atoms with Gasteiger partial charge in [-0.3, -0.25) is 10.1 Å². The molecular weight excluding hydrogens is 235 g/mol. The van der Waals surface area contributed by atoms with Crippen LogP contribution < -0.4 is 5.32 Å². The number of halogens is 1. The Labute approximate surface area is 105 Å². The Morgan fingerprint density at radius 2 is 2.17 bits per heavy atom. The van der Waals surface area contributed by atoms with Crippen molar-refractivity contribution in [1.29, 1.82) is 0 Å². The second-order valence-corrected chi connectivity index (χ2v) is 5.38. The SMILES string of the molecule is CC(C)(NCc1cc(F)ccc1[N+](=O)[O-])C1CC1. The van der Waals surface area contributed by atoms with Gasteiger partial charge in [0.15, 0.2) is 0 Å². The molecule has 0 atom stereocenters. The molecule has 1 aliphatic rings. The normalized spacial score (nSPS) is 15.7. The molecule has 0 saturated heterocycles. The van der Waals surface area contributed by atoms with Gasteiger partial charge in [0.25, 0.3) is 5.69 Å². The number of hydrogen-bond acceptors (Lipinski definition) is 3. The van der Waals surface area contributed by atoms with Gasteiger partial charge in [0.1, 0.15) is 5.82 Å². The first-order valence-corrected chi connectivity index (χ1v) is 6.08. The molecule has 98 valence electrons. The molecule has 0 radical (unpaired) electrons. The smallest absolute Gasteiger partial charge is 0.274 e. The molecule has 1 aromatic rings. The summed E-state index contributed by atoms with van der Waals surface area (Å²) in [4.78, 5) is 10.4. The fraction of sp³-hybridized carbons (Fsp3) is 0.538. The third kappa shape index (κ3) is 2.85. The zero-order valence-corrected chi connectivity index (χ0v) is 10.6. The van der Waals surface area contributed by atoms with Gasteiger partial charge in [0, 0.05) is 23.7 Å². The average molecular weight is 252 g/mol. The van der Waals surface area contributed by atoms with Gasteiger partial charge in [0.2, 0.25) is 0 Å². The number of nitro benzene ring substituents is 1. The molecule has 0 aliphatic heterocycles. The molecule has 4 nitrogen and oxygen atoms in total. The van der Waals surface area contributed by atoms with E-state index in [0.29, 0.717) is 18.0 Å². The maximum atomic E-state index is 13.2. The van der Waals surface area contributed by atoms with Crippen molar-refractivity contribution in [2.45, 2.75) is 38.8 Å². The second kappa shape index (κ2) is 4.65. The summed E-state index contributed by atoms with van der Waals surface area (Å²) in [6.07, 6.45) is 2.37. The van der Waals surface area contributed by atoms with E-state index >= 15 is 0 Å². The fourth-order valence-electron chi connectivity index (χ4n) is 2.15. The van der Waals surface area contributed by atoms with Crippen molar-refractivity contribution in [3.05, 3.63) is 39.7 Å². The van der Waals surface area contributed by atoms with Gasteiger partial charge in [-0.15, -0.1) is 0 Å². The minimum atomic E-state index is -0.472. The molecule has 1 N–H and O–H groups in total. The predicted octanol–water partition coefficient (Wildman–Crippen LogP) is 3.01. The highest BCUT2D eigenvalue weighted by Gasteiger charge is 2.37. The largest absolute Gasteiger partial charge is 0.307 e. The number of benzene rings is 1. The number of nitrogens with one attached hydrogen (secondary N) is 1. The summed E-state index contributed by atoms with van der Waals surface area (Å²) < 4.78 is 13.2. The van der Waals surface area contributed by atoms with E-state index < -0.39 is 10.7 Å². The quantitative estimate of drug-likeness (QED) is 0.647. The van der Waals surface area contributed by atoms with Crippen LogP contribution >= 0.6 is 0 Å². The Kier molecular flexibility index (Phi) is 3.34. The minimum absolute atomic E-state index is 0.0319. The zero-order chi connectivity index (χ0) is 13.3. The Hall–Kier alpha value is -1.49.